The molecule has 37 heavy (non-hydrogen) atoms. The molecule has 0 radical (unpaired) electrons. The first-order valence-electron chi connectivity index (χ1n) is 11.5. The third-order valence-electron chi connectivity index (χ3n) is 5.95. The predicted octanol–water partition coefficient (Wildman–Crippen LogP) is 5.09. The Balaban J connectivity index is 1.49. The van der Waals surface area contributed by atoms with Crippen molar-refractivity contribution in [3.63, 3.8) is 0 Å². The first kappa shape index (κ1) is 24.3. The van der Waals surface area contributed by atoms with Crippen LogP contribution in [0.15, 0.2) is 77.7 Å². The van der Waals surface area contributed by atoms with E-state index in [1.807, 2.05) is 25.1 Å². The van der Waals surface area contributed by atoms with Gasteiger partial charge in [-0.1, -0.05) is 29.8 Å². The second-order valence-electron chi connectivity index (χ2n) is 8.45. The number of carbonyl (C=O) groups excluding carboxylic acids is 1. The third kappa shape index (κ3) is 4.71. The molecule has 0 atom stereocenters. The number of halogens is 1. The maximum Gasteiger partial charge on any atom is 0.267 e. The van der Waals surface area contributed by atoms with Crippen LogP contribution < -0.4 is 15.0 Å². The summed E-state index contributed by atoms with van der Waals surface area (Å²) in [4.78, 5) is 30.9. The van der Waals surface area contributed by atoms with Crippen molar-refractivity contribution in [2.75, 3.05) is 13.7 Å². The summed E-state index contributed by atoms with van der Waals surface area (Å²) in [6.07, 6.45) is 1.62. The van der Waals surface area contributed by atoms with Crippen molar-refractivity contribution in [3.05, 3.63) is 105 Å². The van der Waals surface area contributed by atoms with E-state index in [9.17, 15) is 9.59 Å². The molecule has 0 N–H and O–H groups in total. The Bertz CT molecular complexity index is 1710. The number of nitrogens with zero attached hydrogens (tertiary/aromatic N) is 4. The Hall–Kier alpha value is -4.43. The van der Waals surface area contributed by atoms with Crippen molar-refractivity contribution in [1.82, 2.24) is 19.2 Å². The maximum atomic E-state index is 13.6. The van der Waals surface area contributed by atoms with E-state index in [2.05, 4.69) is 10.1 Å². The smallest absolute Gasteiger partial charge is 0.267 e. The van der Waals surface area contributed by atoms with E-state index < -0.39 is 0 Å². The van der Waals surface area contributed by atoms with E-state index in [1.165, 1.54) is 4.40 Å². The molecule has 0 spiro atoms. The number of ketones is 1. The number of rotatable bonds is 7. The van der Waals surface area contributed by atoms with Crippen molar-refractivity contribution in [2.45, 2.75) is 13.8 Å². The van der Waals surface area contributed by atoms with Crippen LogP contribution in [0.4, 0.5) is 0 Å². The fraction of sp³-hybridized carbons (Fsp3) is 0.143. The average molecular weight is 515 g/mol. The SMILES string of the molecule is COc1cccc(C(=O)COc2cccn3c(=O)c(-c4cc(C)n(-c5cccc(Cl)c5)n4)c(C)nc23)c1. The van der Waals surface area contributed by atoms with Gasteiger partial charge in [0.15, 0.2) is 23.8 Å². The number of ether oxygens (including phenoxy) is 2. The summed E-state index contributed by atoms with van der Waals surface area (Å²) in [5, 5.41) is 5.26. The molecule has 9 heteroatoms. The molecule has 0 aliphatic heterocycles. The number of hydrogen-bond donors (Lipinski definition) is 0. The molecule has 3 heterocycles. The monoisotopic (exact) mass is 514 g/mol. The quantitative estimate of drug-likeness (QED) is 0.281. The normalized spacial score (nSPS) is 11.0. The lowest BCUT2D eigenvalue weighted by Crippen LogP contribution is -2.20. The zero-order chi connectivity index (χ0) is 26.1. The van der Waals surface area contributed by atoms with Crippen molar-refractivity contribution < 1.29 is 14.3 Å². The standard InChI is InChI=1S/C28H23ClN4O4/c1-17-13-23(31-33(17)21-9-5-8-20(29)15-21)26-18(2)30-27-25(11-6-12-32(27)28(26)35)37-16-24(34)19-7-4-10-22(14-19)36-3/h4-15H,16H2,1-3H3. The van der Waals surface area contributed by atoms with Crippen LogP contribution in [0.25, 0.3) is 22.6 Å². The molecule has 2 aromatic carbocycles. The van der Waals surface area contributed by atoms with Crippen LogP contribution in [0, 0.1) is 13.8 Å². The molecule has 5 aromatic rings. The largest absolute Gasteiger partial charge is 0.497 e. The first-order chi connectivity index (χ1) is 17.9. The minimum Gasteiger partial charge on any atom is -0.497 e. The predicted molar refractivity (Wildman–Crippen MR) is 141 cm³/mol. The van der Waals surface area contributed by atoms with Gasteiger partial charge < -0.3 is 9.47 Å². The van der Waals surface area contributed by atoms with Crippen molar-refractivity contribution in [3.8, 4) is 28.4 Å². The molecule has 0 amide bonds. The van der Waals surface area contributed by atoms with E-state index in [1.54, 1.807) is 73.4 Å². The number of fused-ring (bicyclic) bond motifs is 1. The molecule has 5 rings (SSSR count). The summed E-state index contributed by atoms with van der Waals surface area (Å²) in [7, 11) is 1.54. The molecule has 0 fully saturated rings. The Morgan fingerprint density at radius 1 is 1.03 bits per heavy atom. The summed E-state index contributed by atoms with van der Waals surface area (Å²) in [6.45, 7) is 3.44. The molecule has 0 aliphatic carbocycles. The van der Waals surface area contributed by atoms with Gasteiger partial charge in [0.1, 0.15) is 11.4 Å². The van der Waals surface area contributed by atoms with Crippen molar-refractivity contribution in [2.24, 2.45) is 0 Å². The van der Waals surface area contributed by atoms with Gasteiger partial charge in [0, 0.05) is 22.5 Å². The van der Waals surface area contributed by atoms with Crippen LogP contribution in [-0.2, 0) is 0 Å². The number of benzene rings is 2. The number of Topliss-reactive ketones (excluding diaryl/α,β-unsaturated/α-hetero) is 1. The second kappa shape index (κ2) is 9.91. The summed E-state index contributed by atoms with van der Waals surface area (Å²) >= 11 is 6.15. The summed E-state index contributed by atoms with van der Waals surface area (Å²) < 4.78 is 14.1. The lowest BCUT2D eigenvalue weighted by Gasteiger charge is -2.11. The Labute approximate surface area is 217 Å². The molecule has 3 aromatic heterocycles. The summed E-state index contributed by atoms with van der Waals surface area (Å²) in [5.41, 5.74) is 3.51. The van der Waals surface area contributed by atoms with E-state index in [0.29, 0.717) is 44.7 Å². The molecule has 0 bridgehead atoms. The first-order valence-corrected chi connectivity index (χ1v) is 11.9. The zero-order valence-electron chi connectivity index (χ0n) is 20.4. The van der Waals surface area contributed by atoms with E-state index in [4.69, 9.17) is 21.1 Å². The molecule has 0 saturated heterocycles. The average Bonchev–Trinajstić information content (AvgIpc) is 3.28. The van der Waals surface area contributed by atoms with Gasteiger partial charge >= 0.3 is 0 Å². The van der Waals surface area contributed by atoms with Gasteiger partial charge in [-0.15, -0.1) is 0 Å². The number of carbonyl (C=O) groups is 1. The zero-order valence-corrected chi connectivity index (χ0v) is 21.2. The molecular weight excluding hydrogens is 492 g/mol. The maximum absolute atomic E-state index is 13.6. The topological polar surface area (TPSA) is 87.7 Å². The van der Waals surface area contributed by atoms with Crippen LogP contribution in [0.3, 0.4) is 0 Å². The number of methoxy groups -OCH3 is 1. The van der Waals surface area contributed by atoms with Gasteiger partial charge in [-0.2, -0.15) is 5.10 Å². The van der Waals surface area contributed by atoms with Gasteiger partial charge in [-0.25, -0.2) is 9.67 Å². The molecule has 8 nitrogen and oxygen atoms in total. The minimum absolute atomic E-state index is 0.216. The lowest BCUT2D eigenvalue weighted by atomic mass is 10.1. The fourth-order valence-corrected chi connectivity index (χ4v) is 4.32. The van der Waals surface area contributed by atoms with Crippen LogP contribution >= 0.6 is 11.6 Å². The van der Waals surface area contributed by atoms with E-state index in [0.717, 1.165) is 11.4 Å². The highest BCUT2D eigenvalue weighted by Gasteiger charge is 2.19. The van der Waals surface area contributed by atoms with Gasteiger partial charge in [0.05, 0.1) is 24.1 Å². The van der Waals surface area contributed by atoms with E-state index in [-0.39, 0.29) is 17.9 Å². The minimum atomic E-state index is -0.289. The number of aryl methyl sites for hydroxylation is 2. The molecule has 0 unspecified atom stereocenters. The highest BCUT2D eigenvalue weighted by Crippen LogP contribution is 2.25. The third-order valence-corrected chi connectivity index (χ3v) is 6.18. The summed E-state index contributed by atoms with van der Waals surface area (Å²) in [6, 6.07) is 19.4. The number of hydrogen-bond acceptors (Lipinski definition) is 6. The van der Waals surface area contributed by atoms with Crippen LogP contribution in [0.5, 0.6) is 11.5 Å². The Morgan fingerprint density at radius 2 is 1.84 bits per heavy atom. The fourth-order valence-electron chi connectivity index (χ4n) is 4.14. The van der Waals surface area contributed by atoms with Crippen molar-refractivity contribution in [1.29, 1.82) is 0 Å². The number of aromatic nitrogens is 4. The Kier molecular flexibility index (Phi) is 6.50. The van der Waals surface area contributed by atoms with Gasteiger partial charge in [0.2, 0.25) is 0 Å². The lowest BCUT2D eigenvalue weighted by molar-refractivity contribution is 0.0922. The highest BCUT2D eigenvalue weighted by atomic mass is 35.5. The molecule has 186 valence electrons. The van der Waals surface area contributed by atoms with Crippen LogP contribution in [0.1, 0.15) is 21.7 Å². The van der Waals surface area contributed by atoms with Crippen LogP contribution in [-0.4, -0.2) is 38.7 Å². The highest BCUT2D eigenvalue weighted by molar-refractivity contribution is 6.30. The Morgan fingerprint density at radius 3 is 2.62 bits per heavy atom. The summed E-state index contributed by atoms with van der Waals surface area (Å²) in [5.74, 6) is 0.685. The molecule has 0 saturated carbocycles. The molecular formula is C28H23ClN4O4. The van der Waals surface area contributed by atoms with Gasteiger partial charge in [-0.3, -0.25) is 14.0 Å². The van der Waals surface area contributed by atoms with Gasteiger partial charge in [-0.05, 0) is 62.4 Å². The molecule has 0 aliphatic rings. The van der Waals surface area contributed by atoms with Crippen molar-refractivity contribution >= 4 is 23.0 Å². The van der Waals surface area contributed by atoms with Crippen LogP contribution in [0.2, 0.25) is 5.02 Å². The van der Waals surface area contributed by atoms with E-state index >= 15 is 0 Å². The number of pyridine rings is 1. The second-order valence-corrected chi connectivity index (χ2v) is 8.89. The van der Waals surface area contributed by atoms with Gasteiger partial charge in [0.25, 0.3) is 5.56 Å².